The lowest BCUT2D eigenvalue weighted by molar-refractivity contribution is -0.119. The third-order valence-electron chi connectivity index (χ3n) is 3.53. The van der Waals surface area contributed by atoms with Crippen LogP contribution in [-0.2, 0) is 4.79 Å². The summed E-state index contributed by atoms with van der Waals surface area (Å²) in [7, 11) is 0. The van der Waals surface area contributed by atoms with Gasteiger partial charge in [0.25, 0.3) is 0 Å². The maximum atomic E-state index is 11.2. The number of amides is 1. The van der Waals surface area contributed by atoms with E-state index in [1.807, 2.05) is 13.8 Å². The first-order valence-electron chi connectivity index (χ1n) is 6.44. The van der Waals surface area contributed by atoms with Crippen LogP contribution in [0.5, 0.6) is 0 Å². The van der Waals surface area contributed by atoms with Crippen LogP contribution in [-0.4, -0.2) is 17.4 Å². The van der Waals surface area contributed by atoms with Gasteiger partial charge >= 0.3 is 0 Å². The molecule has 1 saturated heterocycles. The third-order valence-corrected chi connectivity index (χ3v) is 4.65. The van der Waals surface area contributed by atoms with Crippen LogP contribution < -0.4 is 5.32 Å². The second-order valence-electron chi connectivity index (χ2n) is 4.97. The number of hydrogen-bond acceptors (Lipinski definition) is 3. The molecule has 19 heavy (non-hydrogen) atoms. The first-order chi connectivity index (χ1) is 9.13. The van der Waals surface area contributed by atoms with Crippen molar-refractivity contribution >= 4 is 17.2 Å². The van der Waals surface area contributed by atoms with Gasteiger partial charge in [0.15, 0.2) is 0 Å². The number of rotatable bonds is 2. The van der Waals surface area contributed by atoms with Crippen LogP contribution in [0.4, 0.5) is 0 Å². The van der Waals surface area contributed by atoms with Gasteiger partial charge in [-0.3, -0.25) is 4.79 Å². The van der Waals surface area contributed by atoms with Gasteiger partial charge in [-0.05, 0) is 25.0 Å². The van der Waals surface area contributed by atoms with Gasteiger partial charge in [-0.1, -0.05) is 24.3 Å². The highest BCUT2D eigenvalue weighted by atomic mass is 32.1. The van der Waals surface area contributed by atoms with E-state index in [9.17, 15) is 4.79 Å². The fourth-order valence-electron chi connectivity index (χ4n) is 2.55. The van der Waals surface area contributed by atoms with Crippen LogP contribution in [0.3, 0.4) is 0 Å². The summed E-state index contributed by atoms with van der Waals surface area (Å²) in [4.78, 5) is 16.9. The zero-order chi connectivity index (χ0) is 13.4. The normalized spacial score (nSPS) is 18.6. The predicted molar refractivity (Wildman–Crippen MR) is 77.4 cm³/mol. The molecule has 1 aromatic heterocycles. The molecule has 3 nitrogen and oxygen atoms in total. The molecule has 1 aliphatic heterocycles. The Hall–Kier alpha value is -1.68. The van der Waals surface area contributed by atoms with E-state index < -0.39 is 0 Å². The number of hydrogen-bond donors (Lipinski definition) is 1. The molecule has 0 spiro atoms. The highest BCUT2D eigenvalue weighted by molar-refractivity contribution is 7.15. The van der Waals surface area contributed by atoms with Gasteiger partial charge in [-0.25, -0.2) is 4.98 Å². The molecular formula is C15H16N2OS. The van der Waals surface area contributed by atoms with Crippen molar-refractivity contribution in [2.24, 2.45) is 0 Å². The molecule has 1 unspecified atom stereocenters. The van der Waals surface area contributed by atoms with Crippen LogP contribution in [0.25, 0.3) is 10.4 Å². The minimum Gasteiger partial charge on any atom is -0.355 e. The number of thiazole rings is 1. The molecule has 1 aromatic carbocycles. The van der Waals surface area contributed by atoms with Gasteiger partial charge in [-0.2, -0.15) is 0 Å². The summed E-state index contributed by atoms with van der Waals surface area (Å²) < 4.78 is 0. The van der Waals surface area contributed by atoms with Crippen molar-refractivity contribution in [2.45, 2.75) is 26.2 Å². The van der Waals surface area contributed by atoms with Crippen LogP contribution >= 0.6 is 11.3 Å². The van der Waals surface area contributed by atoms with E-state index in [0.29, 0.717) is 12.3 Å². The van der Waals surface area contributed by atoms with Gasteiger partial charge in [0.2, 0.25) is 5.91 Å². The molecule has 0 saturated carbocycles. The number of benzene rings is 1. The maximum absolute atomic E-state index is 11.2. The minimum absolute atomic E-state index is 0.156. The summed E-state index contributed by atoms with van der Waals surface area (Å²) in [6.45, 7) is 4.84. The van der Waals surface area contributed by atoms with Crippen LogP contribution in [0.15, 0.2) is 24.3 Å². The zero-order valence-electron chi connectivity index (χ0n) is 11.1. The molecule has 2 aromatic rings. The number of carbonyl (C=O) groups is 1. The van der Waals surface area contributed by atoms with Crippen molar-refractivity contribution in [1.82, 2.24) is 10.3 Å². The molecule has 1 amide bonds. The Bertz CT molecular complexity index is 616. The van der Waals surface area contributed by atoms with Crippen molar-refractivity contribution in [1.29, 1.82) is 0 Å². The fourth-order valence-corrected chi connectivity index (χ4v) is 3.47. The number of aryl methyl sites for hydroxylation is 2. The van der Waals surface area contributed by atoms with Crippen molar-refractivity contribution in [3.05, 3.63) is 40.5 Å². The molecule has 1 aliphatic rings. The van der Waals surface area contributed by atoms with E-state index in [1.54, 1.807) is 11.3 Å². The Balaban J connectivity index is 1.86. The average Bonchev–Trinajstić information content (AvgIpc) is 2.96. The molecule has 4 heteroatoms. The van der Waals surface area contributed by atoms with Crippen molar-refractivity contribution in [2.75, 3.05) is 6.54 Å². The van der Waals surface area contributed by atoms with Gasteiger partial charge in [0.05, 0.1) is 15.6 Å². The number of aromatic nitrogens is 1. The minimum atomic E-state index is 0.156. The lowest BCUT2D eigenvalue weighted by Crippen LogP contribution is -2.13. The molecular weight excluding hydrogens is 256 g/mol. The van der Waals surface area contributed by atoms with Crippen LogP contribution in [0, 0.1) is 13.8 Å². The lowest BCUT2D eigenvalue weighted by atomic mass is 9.97. The largest absolute Gasteiger partial charge is 0.355 e. The summed E-state index contributed by atoms with van der Waals surface area (Å²) in [6, 6.07) is 8.54. The van der Waals surface area contributed by atoms with E-state index >= 15 is 0 Å². The molecule has 3 rings (SSSR count). The van der Waals surface area contributed by atoms with Gasteiger partial charge < -0.3 is 5.32 Å². The second kappa shape index (κ2) is 4.78. The maximum Gasteiger partial charge on any atom is 0.220 e. The summed E-state index contributed by atoms with van der Waals surface area (Å²) in [5.41, 5.74) is 3.54. The van der Waals surface area contributed by atoms with Crippen LogP contribution in [0.1, 0.15) is 28.6 Å². The molecule has 1 fully saturated rings. The Morgan fingerprint density at radius 3 is 2.53 bits per heavy atom. The van der Waals surface area contributed by atoms with Crippen molar-refractivity contribution in [3.8, 4) is 10.4 Å². The lowest BCUT2D eigenvalue weighted by Gasteiger charge is -2.08. The molecule has 0 bridgehead atoms. The quantitative estimate of drug-likeness (QED) is 0.913. The van der Waals surface area contributed by atoms with E-state index in [-0.39, 0.29) is 5.91 Å². The summed E-state index contributed by atoms with van der Waals surface area (Å²) in [6.07, 6.45) is 0.609. The average molecular weight is 272 g/mol. The molecule has 98 valence electrons. The zero-order valence-corrected chi connectivity index (χ0v) is 11.9. The summed E-state index contributed by atoms with van der Waals surface area (Å²) in [5, 5.41) is 3.98. The molecule has 2 heterocycles. The first-order valence-corrected chi connectivity index (χ1v) is 7.26. The monoisotopic (exact) mass is 272 g/mol. The molecule has 1 atom stereocenters. The molecule has 1 N–H and O–H groups in total. The Kier molecular flexibility index (Phi) is 3.11. The predicted octanol–water partition coefficient (Wildman–Crippen LogP) is 3.03. The Labute approximate surface area is 116 Å². The van der Waals surface area contributed by atoms with Crippen LogP contribution in [0.2, 0.25) is 0 Å². The topological polar surface area (TPSA) is 42.0 Å². The highest BCUT2D eigenvalue weighted by Gasteiger charge is 2.22. The highest BCUT2D eigenvalue weighted by Crippen LogP contribution is 2.31. The van der Waals surface area contributed by atoms with Gasteiger partial charge in [0.1, 0.15) is 0 Å². The molecule has 0 radical (unpaired) electrons. The smallest absolute Gasteiger partial charge is 0.220 e. The summed E-state index contributed by atoms with van der Waals surface area (Å²) >= 11 is 1.73. The standard InChI is InChI=1S/C15H16N2OS/c1-9-15(19-10(2)17-9)12-5-3-11(4-6-12)13-7-14(18)16-8-13/h3-6,13H,7-8H2,1-2H3,(H,16,18). The fraction of sp³-hybridized carbons (Fsp3) is 0.333. The van der Waals surface area contributed by atoms with Gasteiger partial charge in [0, 0.05) is 18.9 Å². The van der Waals surface area contributed by atoms with E-state index in [4.69, 9.17) is 0 Å². The number of nitrogens with zero attached hydrogens (tertiary/aromatic N) is 1. The Morgan fingerprint density at radius 1 is 1.26 bits per heavy atom. The summed E-state index contributed by atoms with van der Waals surface area (Å²) in [5.74, 6) is 0.480. The first kappa shape index (κ1) is 12.4. The second-order valence-corrected chi connectivity index (χ2v) is 6.18. The third kappa shape index (κ3) is 2.40. The number of nitrogens with one attached hydrogen (secondary N) is 1. The SMILES string of the molecule is Cc1nc(C)c(-c2ccc(C3CNC(=O)C3)cc2)s1. The van der Waals surface area contributed by atoms with E-state index in [0.717, 1.165) is 17.2 Å². The molecule has 0 aliphatic carbocycles. The Morgan fingerprint density at radius 2 is 2.00 bits per heavy atom. The van der Waals surface area contributed by atoms with Crippen molar-refractivity contribution < 1.29 is 4.79 Å². The van der Waals surface area contributed by atoms with Gasteiger partial charge in [-0.15, -0.1) is 11.3 Å². The van der Waals surface area contributed by atoms with E-state index in [1.165, 1.54) is 16.0 Å². The van der Waals surface area contributed by atoms with Crippen molar-refractivity contribution in [3.63, 3.8) is 0 Å². The number of carbonyl (C=O) groups excluding carboxylic acids is 1. The van der Waals surface area contributed by atoms with E-state index in [2.05, 4.69) is 34.6 Å².